The quantitative estimate of drug-likeness (QED) is 0.409. The van der Waals surface area contributed by atoms with Crippen molar-refractivity contribution >= 4 is 6.29 Å². The zero-order chi connectivity index (χ0) is 7.82. The minimum absolute atomic E-state index is 0.0568. The van der Waals surface area contributed by atoms with Crippen molar-refractivity contribution in [2.45, 2.75) is 12.7 Å². The van der Waals surface area contributed by atoms with Gasteiger partial charge in [0.1, 0.15) is 6.29 Å². The Labute approximate surface area is 59.7 Å². The number of hydrogen-bond donors (Lipinski definition) is 1. The van der Waals surface area contributed by atoms with Crippen LogP contribution in [0.4, 0.5) is 0 Å². The smallest absolute Gasteiger partial charge is 0.163 e. The van der Waals surface area contributed by atoms with Gasteiger partial charge in [0.15, 0.2) is 6.29 Å². The summed E-state index contributed by atoms with van der Waals surface area (Å²) in [4.78, 5) is 9.91. The number of aldehydes is 1. The summed E-state index contributed by atoms with van der Waals surface area (Å²) in [6, 6.07) is 0. The molecule has 0 spiro atoms. The number of rotatable bonds is 6. The number of aliphatic hydroxyl groups excluding tert-OH is 1. The van der Waals surface area contributed by atoms with E-state index < -0.39 is 6.29 Å². The Hall–Kier alpha value is -0.450. The van der Waals surface area contributed by atoms with Crippen LogP contribution in [0.2, 0.25) is 0 Å². The van der Waals surface area contributed by atoms with Crippen LogP contribution in [0.25, 0.3) is 0 Å². The Kier molecular flexibility index (Phi) is 6.37. The molecule has 0 aromatic carbocycles. The third kappa shape index (κ3) is 4.43. The lowest BCUT2D eigenvalue weighted by Gasteiger charge is -2.11. The van der Waals surface area contributed by atoms with Gasteiger partial charge in [-0.2, -0.15) is 0 Å². The second-order valence-electron chi connectivity index (χ2n) is 1.66. The molecule has 10 heavy (non-hydrogen) atoms. The third-order valence-corrected chi connectivity index (χ3v) is 0.947. The van der Waals surface area contributed by atoms with Crippen LogP contribution in [-0.4, -0.2) is 38.0 Å². The molecule has 0 saturated heterocycles. The number of hydrogen-bond acceptors (Lipinski definition) is 4. The van der Waals surface area contributed by atoms with Crippen LogP contribution in [0.1, 0.15) is 6.42 Å². The second-order valence-corrected chi connectivity index (χ2v) is 1.66. The Bertz CT molecular complexity index is 83.8. The van der Waals surface area contributed by atoms with Gasteiger partial charge in [0.25, 0.3) is 0 Å². The van der Waals surface area contributed by atoms with E-state index in [9.17, 15) is 4.79 Å². The van der Waals surface area contributed by atoms with Crippen molar-refractivity contribution in [3.05, 3.63) is 0 Å². The fraction of sp³-hybridized carbons (Fsp3) is 0.833. The first-order valence-electron chi connectivity index (χ1n) is 3.04. The molecule has 0 aromatic rings. The van der Waals surface area contributed by atoms with Crippen molar-refractivity contribution in [2.75, 3.05) is 20.3 Å². The zero-order valence-corrected chi connectivity index (χ0v) is 5.95. The fourth-order valence-electron chi connectivity index (χ4n) is 0.495. The van der Waals surface area contributed by atoms with Gasteiger partial charge in [0.05, 0.1) is 19.6 Å². The van der Waals surface area contributed by atoms with E-state index >= 15 is 0 Å². The Morgan fingerprint density at radius 2 is 2.40 bits per heavy atom. The average molecular weight is 148 g/mol. The van der Waals surface area contributed by atoms with Crippen molar-refractivity contribution in [2.24, 2.45) is 0 Å². The highest BCUT2D eigenvalue weighted by molar-refractivity contribution is 5.49. The lowest BCUT2D eigenvalue weighted by Crippen LogP contribution is -2.17. The Balaban J connectivity index is 3.29. The maximum atomic E-state index is 9.91. The molecule has 0 aromatic heterocycles. The summed E-state index contributed by atoms with van der Waals surface area (Å²) in [6.45, 7) is 0.144. The van der Waals surface area contributed by atoms with Crippen LogP contribution >= 0.6 is 0 Å². The summed E-state index contributed by atoms with van der Waals surface area (Å²) in [5, 5.41) is 8.31. The summed E-state index contributed by atoms with van der Waals surface area (Å²) < 4.78 is 9.61. The van der Waals surface area contributed by atoms with Crippen LogP contribution < -0.4 is 0 Å². The standard InChI is InChI=1S/C6H12O4/c1-9-6(2-3-7)10-5-4-8/h3,6,8H,2,4-5H2,1H3. The average Bonchev–Trinajstić information content (AvgIpc) is 1.98. The first-order valence-corrected chi connectivity index (χ1v) is 3.04. The molecule has 0 fully saturated rings. The predicted octanol–water partition coefficient (Wildman–Crippen LogP) is -0.443. The van der Waals surface area contributed by atoms with Crippen molar-refractivity contribution in [1.82, 2.24) is 0 Å². The molecule has 0 rings (SSSR count). The van der Waals surface area contributed by atoms with Gasteiger partial charge < -0.3 is 19.4 Å². The maximum Gasteiger partial charge on any atom is 0.163 e. The van der Waals surface area contributed by atoms with Crippen molar-refractivity contribution < 1.29 is 19.4 Å². The minimum atomic E-state index is -0.510. The molecule has 0 aliphatic rings. The van der Waals surface area contributed by atoms with Crippen molar-refractivity contribution in [1.29, 1.82) is 0 Å². The zero-order valence-electron chi connectivity index (χ0n) is 5.95. The number of ether oxygens (including phenoxy) is 2. The molecule has 4 nitrogen and oxygen atoms in total. The van der Waals surface area contributed by atoms with Gasteiger partial charge in [-0.25, -0.2) is 0 Å². The number of carbonyl (C=O) groups is 1. The third-order valence-electron chi connectivity index (χ3n) is 0.947. The lowest BCUT2D eigenvalue weighted by molar-refractivity contribution is -0.141. The van der Waals surface area contributed by atoms with Gasteiger partial charge >= 0.3 is 0 Å². The van der Waals surface area contributed by atoms with Gasteiger partial charge in [0, 0.05) is 7.11 Å². The topological polar surface area (TPSA) is 55.8 Å². The minimum Gasteiger partial charge on any atom is -0.394 e. The van der Waals surface area contributed by atoms with Crippen LogP contribution in [0.5, 0.6) is 0 Å². The molecule has 60 valence electrons. The first-order chi connectivity index (χ1) is 4.85. The lowest BCUT2D eigenvalue weighted by atomic mass is 10.4. The maximum absolute atomic E-state index is 9.91. The van der Waals surface area contributed by atoms with E-state index in [0.717, 1.165) is 0 Å². The molecular weight excluding hydrogens is 136 g/mol. The van der Waals surface area contributed by atoms with E-state index in [4.69, 9.17) is 14.6 Å². The van der Waals surface area contributed by atoms with Crippen LogP contribution in [0.3, 0.4) is 0 Å². The Morgan fingerprint density at radius 1 is 1.70 bits per heavy atom. The van der Waals surface area contributed by atoms with Gasteiger partial charge in [-0.05, 0) is 0 Å². The molecule has 0 bridgehead atoms. The largest absolute Gasteiger partial charge is 0.394 e. The summed E-state index contributed by atoms with van der Waals surface area (Å²) in [7, 11) is 1.45. The summed E-state index contributed by atoms with van der Waals surface area (Å²) in [6.07, 6.45) is 0.409. The number of carbonyl (C=O) groups excluding carboxylic acids is 1. The van der Waals surface area contributed by atoms with E-state index in [0.29, 0.717) is 6.29 Å². The molecule has 1 N–H and O–H groups in total. The van der Waals surface area contributed by atoms with Crippen molar-refractivity contribution in [3.63, 3.8) is 0 Å². The van der Waals surface area contributed by atoms with Crippen LogP contribution in [0.15, 0.2) is 0 Å². The molecule has 4 heteroatoms. The molecule has 1 atom stereocenters. The van der Waals surface area contributed by atoms with E-state index in [1.165, 1.54) is 7.11 Å². The molecule has 0 radical (unpaired) electrons. The summed E-state index contributed by atoms with van der Waals surface area (Å²) in [5.41, 5.74) is 0. The highest BCUT2D eigenvalue weighted by Crippen LogP contribution is 1.95. The van der Waals surface area contributed by atoms with E-state index in [1.807, 2.05) is 0 Å². The van der Waals surface area contributed by atoms with Gasteiger partial charge in [-0.1, -0.05) is 0 Å². The summed E-state index contributed by atoms with van der Waals surface area (Å²) >= 11 is 0. The van der Waals surface area contributed by atoms with E-state index in [2.05, 4.69) is 0 Å². The molecule has 0 aliphatic heterocycles. The number of aliphatic hydroxyl groups is 1. The van der Waals surface area contributed by atoms with Gasteiger partial charge in [0.2, 0.25) is 0 Å². The van der Waals surface area contributed by atoms with Gasteiger partial charge in [-0.15, -0.1) is 0 Å². The first kappa shape index (κ1) is 9.55. The fourth-order valence-corrected chi connectivity index (χ4v) is 0.495. The van der Waals surface area contributed by atoms with E-state index in [-0.39, 0.29) is 19.6 Å². The van der Waals surface area contributed by atoms with Crippen LogP contribution in [-0.2, 0) is 14.3 Å². The Morgan fingerprint density at radius 3 is 2.80 bits per heavy atom. The molecule has 0 saturated carbocycles. The molecule has 0 heterocycles. The van der Waals surface area contributed by atoms with E-state index in [1.54, 1.807) is 0 Å². The second kappa shape index (κ2) is 6.67. The van der Waals surface area contributed by atoms with Crippen LogP contribution in [0, 0.1) is 0 Å². The highest BCUT2D eigenvalue weighted by Gasteiger charge is 2.04. The summed E-state index contributed by atoms with van der Waals surface area (Å²) in [5.74, 6) is 0. The normalized spacial score (nSPS) is 13.0. The molecule has 1 unspecified atom stereocenters. The molecule has 0 aliphatic carbocycles. The molecular formula is C6H12O4. The highest BCUT2D eigenvalue weighted by atomic mass is 16.7. The number of methoxy groups -OCH3 is 1. The predicted molar refractivity (Wildman–Crippen MR) is 34.5 cm³/mol. The van der Waals surface area contributed by atoms with Crippen molar-refractivity contribution in [3.8, 4) is 0 Å². The molecule has 0 amide bonds. The van der Waals surface area contributed by atoms with Gasteiger partial charge in [-0.3, -0.25) is 0 Å². The monoisotopic (exact) mass is 148 g/mol. The SMILES string of the molecule is COC(CC=O)OCCO.